The van der Waals surface area contributed by atoms with E-state index in [9.17, 15) is 0 Å². The summed E-state index contributed by atoms with van der Waals surface area (Å²) in [6.07, 6.45) is 6.51. The summed E-state index contributed by atoms with van der Waals surface area (Å²) in [6.45, 7) is 6.13. The van der Waals surface area contributed by atoms with Crippen LogP contribution in [0.2, 0.25) is 0 Å². The molecular formula is C19H25N5. The van der Waals surface area contributed by atoms with Crippen molar-refractivity contribution in [3.8, 4) is 0 Å². The van der Waals surface area contributed by atoms with E-state index in [-0.39, 0.29) is 0 Å². The molecule has 2 aromatic rings. The van der Waals surface area contributed by atoms with Crippen molar-refractivity contribution < 1.29 is 0 Å². The molecule has 2 aromatic heterocycles. The third-order valence-electron chi connectivity index (χ3n) is 5.10. The maximum absolute atomic E-state index is 5.02. The maximum atomic E-state index is 5.02. The predicted octanol–water partition coefficient (Wildman–Crippen LogP) is 2.60. The molecule has 5 heteroatoms. The quantitative estimate of drug-likeness (QED) is 0.941. The lowest BCUT2D eigenvalue weighted by Gasteiger charge is -2.32. The summed E-state index contributed by atoms with van der Waals surface area (Å²) in [7, 11) is 0. The fourth-order valence-corrected chi connectivity index (χ4v) is 3.80. The van der Waals surface area contributed by atoms with Crippen molar-refractivity contribution in [3.63, 3.8) is 0 Å². The zero-order chi connectivity index (χ0) is 16.4. The third-order valence-corrected chi connectivity index (χ3v) is 5.10. The van der Waals surface area contributed by atoms with Gasteiger partial charge in [-0.2, -0.15) is 0 Å². The van der Waals surface area contributed by atoms with E-state index >= 15 is 0 Å². The van der Waals surface area contributed by atoms with E-state index in [4.69, 9.17) is 9.97 Å². The zero-order valence-electron chi connectivity index (χ0n) is 14.3. The van der Waals surface area contributed by atoms with Gasteiger partial charge in [-0.25, -0.2) is 9.97 Å². The Morgan fingerprint density at radius 3 is 3.00 bits per heavy atom. The fourth-order valence-electron chi connectivity index (χ4n) is 3.80. The van der Waals surface area contributed by atoms with Crippen LogP contribution in [0.25, 0.3) is 0 Å². The van der Waals surface area contributed by atoms with Gasteiger partial charge in [0, 0.05) is 36.5 Å². The Labute approximate surface area is 143 Å². The van der Waals surface area contributed by atoms with Crippen molar-refractivity contribution >= 4 is 5.82 Å². The van der Waals surface area contributed by atoms with Crippen LogP contribution in [0.5, 0.6) is 0 Å². The Kier molecular flexibility index (Phi) is 4.43. The van der Waals surface area contributed by atoms with E-state index in [1.54, 1.807) is 0 Å². The fraction of sp³-hybridized carbons (Fsp3) is 0.526. The molecule has 0 radical (unpaired) electrons. The van der Waals surface area contributed by atoms with Crippen molar-refractivity contribution in [2.24, 2.45) is 0 Å². The molecule has 4 heterocycles. The summed E-state index contributed by atoms with van der Waals surface area (Å²) in [4.78, 5) is 16.8. The van der Waals surface area contributed by atoms with Crippen LogP contribution in [0, 0.1) is 6.92 Å². The van der Waals surface area contributed by atoms with Crippen LogP contribution in [0.4, 0.5) is 5.82 Å². The number of pyridine rings is 1. The summed E-state index contributed by atoms with van der Waals surface area (Å²) < 4.78 is 0. The summed E-state index contributed by atoms with van der Waals surface area (Å²) in [5, 5.41) is 3.48. The van der Waals surface area contributed by atoms with Crippen molar-refractivity contribution in [1.82, 2.24) is 20.3 Å². The number of nitrogens with zero attached hydrogens (tertiary/aromatic N) is 4. The van der Waals surface area contributed by atoms with E-state index in [2.05, 4.69) is 34.3 Å². The number of piperidine rings is 1. The Bertz CT molecular complexity index is 694. The number of hydrogen-bond donors (Lipinski definition) is 1. The summed E-state index contributed by atoms with van der Waals surface area (Å²) in [5.41, 5.74) is 3.58. The van der Waals surface area contributed by atoms with E-state index in [1.807, 2.05) is 12.3 Å². The molecule has 126 valence electrons. The van der Waals surface area contributed by atoms with Gasteiger partial charge in [-0.05, 0) is 51.3 Å². The summed E-state index contributed by atoms with van der Waals surface area (Å²) in [5.74, 6) is 2.60. The topological polar surface area (TPSA) is 53.9 Å². The van der Waals surface area contributed by atoms with Gasteiger partial charge in [-0.15, -0.1) is 0 Å². The second-order valence-electron chi connectivity index (χ2n) is 6.86. The van der Waals surface area contributed by atoms with E-state index in [0.29, 0.717) is 5.92 Å². The van der Waals surface area contributed by atoms with E-state index < -0.39 is 0 Å². The van der Waals surface area contributed by atoms with Gasteiger partial charge in [0.15, 0.2) is 0 Å². The Hall–Kier alpha value is -2.01. The minimum atomic E-state index is 0.446. The number of nitrogens with one attached hydrogen (secondary N) is 1. The largest absolute Gasteiger partial charge is 0.350 e. The Morgan fingerprint density at radius 1 is 1.25 bits per heavy atom. The molecule has 0 unspecified atom stereocenters. The average molecular weight is 323 g/mol. The number of aromatic nitrogens is 3. The number of aryl methyl sites for hydroxylation is 1. The first kappa shape index (κ1) is 15.5. The number of fused-ring (bicyclic) bond motifs is 1. The molecule has 1 saturated heterocycles. The molecule has 1 fully saturated rings. The van der Waals surface area contributed by atoms with Gasteiger partial charge in [0.05, 0.1) is 12.2 Å². The van der Waals surface area contributed by atoms with E-state index in [1.165, 1.54) is 18.4 Å². The number of hydrogen-bond acceptors (Lipinski definition) is 5. The number of rotatable bonds is 3. The molecule has 1 atom stereocenters. The Balaban J connectivity index is 1.65. The minimum Gasteiger partial charge on any atom is -0.350 e. The van der Waals surface area contributed by atoms with Gasteiger partial charge in [0.25, 0.3) is 0 Å². The monoisotopic (exact) mass is 323 g/mol. The first-order valence-corrected chi connectivity index (χ1v) is 9.04. The molecule has 2 aliphatic heterocycles. The predicted molar refractivity (Wildman–Crippen MR) is 95.2 cm³/mol. The van der Waals surface area contributed by atoms with Crippen molar-refractivity contribution in [3.05, 3.63) is 47.2 Å². The van der Waals surface area contributed by atoms with Gasteiger partial charge in [-0.1, -0.05) is 6.07 Å². The van der Waals surface area contributed by atoms with Crippen LogP contribution < -0.4 is 10.2 Å². The molecule has 0 amide bonds. The van der Waals surface area contributed by atoms with Crippen LogP contribution in [-0.2, 0) is 13.0 Å². The van der Waals surface area contributed by atoms with Crippen molar-refractivity contribution in [2.45, 2.75) is 45.1 Å². The molecule has 5 nitrogen and oxygen atoms in total. The normalized spacial score (nSPS) is 20.7. The van der Waals surface area contributed by atoms with Crippen molar-refractivity contribution in [2.75, 3.05) is 24.5 Å². The lowest BCUT2D eigenvalue weighted by molar-refractivity contribution is 0.444. The SMILES string of the molecule is Cc1nc([C@@H]2CCCNC2)nc2c1CCCN2Cc1ccccn1. The minimum absolute atomic E-state index is 0.446. The first-order valence-electron chi connectivity index (χ1n) is 9.04. The molecule has 24 heavy (non-hydrogen) atoms. The highest BCUT2D eigenvalue weighted by Crippen LogP contribution is 2.31. The van der Waals surface area contributed by atoms with Gasteiger partial charge in [-0.3, -0.25) is 4.98 Å². The second kappa shape index (κ2) is 6.85. The van der Waals surface area contributed by atoms with Crippen LogP contribution in [0.1, 0.15) is 48.0 Å². The molecular weight excluding hydrogens is 298 g/mol. The molecule has 4 rings (SSSR count). The van der Waals surface area contributed by atoms with Gasteiger partial charge in [0.2, 0.25) is 0 Å². The molecule has 0 aliphatic carbocycles. The van der Waals surface area contributed by atoms with Crippen LogP contribution in [0.3, 0.4) is 0 Å². The highest BCUT2D eigenvalue weighted by Gasteiger charge is 2.25. The molecule has 0 aromatic carbocycles. The lowest BCUT2D eigenvalue weighted by Crippen LogP contribution is -2.33. The molecule has 1 N–H and O–H groups in total. The smallest absolute Gasteiger partial charge is 0.136 e. The van der Waals surface area contributed by atoms with Crippen molar-refractivity contribution in [1.29, 1.82) is 0 Å². The van der Waals surface area contributed by atoms with Gasteiger partial charge in [0.1, 0.15) is 11.6 Å². The average Bonchev–Trinajstić information content (AvgIpc) is 2.64. The van der Waals surface area contributed by atoms with Gasteiger partial charge < -0.3 is 10.2 Å². The maximum Gasteiger partial charge on any atom is 0.136 e. The van der Waals surface area contributed by atoms with E-state index in [0.717, 1.165) is 62.1 Å². The highest BCUT2D eigenvalue weighted by atomic mass is 15.2. The summed E-state index contributed by atoms with van der Waals surface area (Å²) in [6, 6.07) is 6.11. The van der Waals surface area contributed by atoms with Crippen LogP contribution in [0.15, 0.2) is 24.4 Å². The van der Waals surface area contributed by atoms with Gasteiger partial charge >= 0.3 is 0 Å². The standard InChI is InChI=1S/C19H25N5/c1-14-17-8-5-11-24(13-16-7-2-3-10-21-16)19(17)23-18(22-14)15-6-4-9-20-12-15/h2-3,7,10,15,20H,4-6,8-9,11-13H2,1H3/t15-/m1/s1. The molecule has 0 spiro atoms. The molecule has 2 aliphatic rings. The number of anilines is 1. The second-order valence-corrected chi connectivity index (χ2v) is 6.86. The molecule has 0 bridgehead atoms. The van der Waals surface area contributed by atoms with Crippen LogP contribution >= 0.6 is 0 Å². The third kappa shape index (κ3) is 3.13. The van der Waals surface area contributed by atoms with Crippen LogP contribution in [-0.4, -0.2) is 34.6 Å². The summed E-state index contributed by atoms with van der Waals surface area (Å²) >= 11 is 0. The first-order chi connectivity index (χ1) is 11.8. The highest BCUT2D eigenvalue weighted by molar-refractivity contribution is 5.51. The lowest BCUT2D eigenvalue weighted by atomic mass is 9.97. The Morgan fingerprint density at radius 2 is 2.21 bits per heavy atom. The zero-order valence-corrected chi connectivity index (χ0v) is 14.3. The molecule has 0 saturated carbocycles.